The molecule has 1 rings (SSSR count). The highest BCUT2D eigenvalue weighted by molar-refractivity contribution is 5.97. The molecule has 0 fully saturated rings. The highest BCUT2D eigenvalue weighted by Gasteiger charge is 2.12. The maximum absolute atomic E-state index is 11.9. The van der Waals surface area contributed by atoms with Crippen molar-refractivity contribution in [2.75, 3.05) is 20.8 Å². The molecule has 0 radical (unpaired) electrons. The van der Waals surface area contributed by atoms with Gasteiger partial charge in [0.2, 0.25) is 0 Å². The summed E-state index contributed by atoms with van der Waals surface area (Å²) in [5.41, 5.74) is 0.448. The lowest BCUT2D eigenvalue weighted by molar-refractivity contribution is 0.0942. The zero-order valence-corrected chi connectivity index (χ0v) is 10.9. The molecule has 0 aromatic heterocycles. The zero-order chi connectivity index (χ0) is 13.5. The van der Waals surface area contributed by atoms with Crippen LogP contribution >= 0.6 is 0 Å². The Balaban J connectivity index is 2.72. The molecular weight excluding hydrogens is 234 g/mol. The molecule has 1 amide bonds. The summed E-state index contributed by atoms with van der Waals surface area (Å²) in [5.74, 6) is 0.867. The van der Waals surface area contributed by atoms with Crippen LogP contribution in [0.5, 0.6) is 11.5 Å². The van der Waals surface area contributed by atoms with Crippen molar-refractivity contribution in [1.82, 2.24) is 5.32 Å². The number of aliphatic hydroxyl groups is 1. The molecule has 0 aliphatic heterocycles. The van der Waals surface area contributed by atoms with E-state index in [2.05, 4.69) is 5.32 Å². The molecule has 100 valence electrons. The highest BCUT2D eigenvalue weighted by Crippen LogP contribution is 2.24. The lowest BCUT2D eigenvalue weighted by Gasteiger charge is -2.11. The van der Waals surface area contributed by atoms with Crippen LogP contribution < -0.4 is 14.8 Å². The average Bonchev–Trinajstić information content (AvgIpc) is 2.37. The van der Waals surface area contributed by atoms with E-state index in [1.165, 1.54) is 7.11 Å². The van der Waals surface area contributed by atoms with Gasteiger partial charge in [-0.3, -0.25) is 4.79 Å². The Morgan fingerprint density at radius 1 is 1.39 bits per heavy atom. The second-order valence-electron chi connectivity index (χ2n) is 3.96. The van der Waals surface area contributed by atoms with Crippen LogP contribution in [-0.2, 0) is 0 Å². The van der Waals surface area contributed by atoms with Crippen molar-refractivity contribution in [3.63, 3.8) is 0 Å². The number of aliphatic hydroxyl groups excluding tert-OH is 1. The Kier molecular flexibility index (Phi) is 5.45. The summed E-state index contributed by atoms with van der Waals surface area (Å²) in [5, 5.41) is 11.8. The Labute approximate surface area is 107 Å². The molecule has 0 spiro atoms. The second kappa shape index (κ2) is 6.86. The first-order valence-corrected chi connectivity index (χ1v) is 5.76. The number of carbonyl (C=O) groups excluding carboxylic acids is 1. The molecule has 0 saturated carbocycles. The van der Waals surface area contributed by atoms with E-state index in [9.17, 15) is 4.79 Å². The summed E-state index contributed by atoms with van der Waals surface area (Å²) in [7, 11) is 3.05. The summed E-state index contributed by atoms with van der Waals surface area (Å²) in [4.78, 5) is 11.9. The SMILES string of the molecule is COc1ccc(C(=O)NCCC(C)O)c(OC)c1. The number of nitrogens with one attached hydrogen (secondary N) is 1. The van der Waals surface area contributed by atoms with Crippen molar-refractivity contribution in [2.24, 2.45) is 0 Å². The monoisotopic (exact) mass is 253 g/mol. The summed E-state index contributed by atoms with van der Waals surface area (Å²) in [6.45, 7) is 2.10. The Morgan fingerprint density at radius 2 is 2.11 bits per heavy atom. The third kappa shape index (κ3) is 3.92. The van der Waals surface area contributed by atoms with E-state index in [0.29, 0.717) is 30.0 Å². The minimum atomic E-state index is -0.428. The summed E-state index contributed by atoms with van der Waals surface area (Å²) < 4.78 is 10.2. The molecule has 0 bridgehead atoms. The largest absolute Gasteiger partial charge is 0.497 e. The Bertz CT molecular complexity index is 404. The van der Waals surface area contributed by atoms with Gasteiger partial charge in [0.05, 0.1) is 25.9 Å². The normalized spacial score (nSPS) is 11.8. The summed E-state index contributed by atoms with van der Waals surface area (Å²) in [6, 6.07) is 5.01. The molecule has 1 unspecified atom stereocenters. The van der Waals surface area contributed by atoms with Crippen LogP contribution in [0.2, 0.25) is 0 Å². The molecule has 1 aromatic carbocycles. The van der Waals surface area contributed by atoms with Gasteiger partial charge in [-0.05, 0) is 25.5 Å². The van der Waals surface area contributed by atoms with E-state index in [4.69, 9.17) is 14.6 Å². The molecule has 5 nitrogen and oxygen atoms in total. The molecule has 0 saturated heterocycles. The predicted molar refractivity (Wildman–Crippen MR) is 68.2 cm³/mol. The van der Waals surface area contributed by atoms with E-state index >= 15 is 0 Å². The van der Waals surface area contributed by atoms with Gasteiger partial charge in [-0.2, -0.15) is 0 Å². The number of hydrogen-bond donors (Lipinski definition) is 2. The van der Waals surface area contributed by atoms with E-state index in [1.54, 1.807) is 32.2 Å². The molecule has 0 aliphatic carbocycles. The van der Waals surface area contributed by atoms with Gasteiger partial charge in [-0.15, -0.1) is 0 Å². The first-order chi connectivity index (χ1) is 8.58. The Hall–Kier alpha value is -1.75. The molecule has 0 aliphatic rings. The maximum Gasteiger partial charge on any atom is 0.255 e. The van der Waals surface area contributed by atoms with Gasteiger partial charge >= 0.3 is 0 Å². The zero-order valence-electron chi connectivity index (χ0n) is 10.9. The molecule has 1 aromatic rings. The third-order valence-corrected chi connectivity index (χ3v) is 2.50. The van der Waals surface area contributed by atoms with Crippen molar-refractivity contribution in [1.29, 1.82) is 0 Å². The maximum atomic E-state index is 11.9. The van der Waals surface area contributed by atoms with E-state index < -0.39 is 6.10 Å². The van der Waals surface area contributed by atoms with Crippen molar-refractivity contribution in [3.05, 3.63) is 23.8 Å². The van der Waals surface area contributed by atoms with Crippen molar-refractivity contribution in [2.45, 2.75) is 19.4 Å². The van der Waals surface area contributed by atoms with Crippen LogP contribution in [0.3, 0.4) is 0 Å². The Morgan fingerprint density at radius 3 is 2.67 bits per heavy atom. The molecular formula is C13H19NO4. The van der Waals surface area contributed by atoms with Crippen LogP contribution in [0, 0.1) is 0 Å². The standard InChI is InChI=1S/C13H19NO4/c1-9(15)6-7-14-13(16)11-5-4-10(17-2)8-12(11)18-3/h4-5,8-9,15H,6-7H2,1-3H3,(H,14,16). The van der Waals surface area contributed by atoms with Gasteiger partial charge < -0.3 is 19.9 Å². The van der Waals surface area contributed by atoms with Gasteiger partial charge in [-0.1, -0.05) is 0 Å². The molecule has 2 N–H and O–H groups in total. The first kappa shape index (κ1) is 14.3. The highest BCUT2D eigenvalue weighted by atomic mass is 16.5. The quantitative estimate of drug-likeness (QED) is 0.799. The number of hydrogen-bond acceptors (Lipinski definition) is 4. The molecule has 0 heterocycles. The molecule has 1 atom stereocenters. The van der Waals surface area contributed by atoms with Crippen LogP contribution in [0.4, 0.5) is 0 Å². The minimum Gasteiger partial charge on any atom is -0.497 e. The second-order valence-corrected chi connectivity index (χ2v) is 3.96. The molecule has 18 heavy (non-hydrogen) atoms. The van der Waals surface area contributed by atoms with Crippen LogP contribution in [-0.4, -0.2) is 37.9 Å². The van der Waals surface area contributed by atoms with Gasteiger partial charge in [0.15, 0.2) is 0 Å². The summed E-state index contributed by atoms with van der Waals surface area (Å²) in [6.07, 6.45) is 0.0903. The lowest BCUT2D eigenvalue weighted by atomic mass is 10.1. The summed E-state index contributed by atoms with van der Waals surface area (Å²) >= 11 is 0. The fourth-order valence-electron chi connectivity index (χ4n) is 1.48. The van der Waals surface area contributed by atoms with Gasteiger partial charge in [0, 0.05) is 12.6 Å². The van der Waals surface area contributed by atoms with E-state index in [0.717, 1.165) is 0 Å². The number of amides is 1. The number of benzene rings is 1. The van der Waals surface area contributed by atoms with E-state index in [-0.39, 0.29) is 5.91 Å². The fourth-order valence-corrected chi connectivity index (χ4v) is 1.48. The van der Waals surface area contributed by atoms with Gasteiger partial charge in [-0.25, -0.2) is 0 Å². The smallest absolute Gasteiger partial charge is 0.255 e. The van der Waals surface area contributed by atoms with Crippen molar-refractivity contribution in [3.8, 4) is 11.5 Å². The van der Waals surface area contributed by atoms with Crippen LogP contribution in [0.1, 0.15) is 23.7 Å². The molecule has 5 heteroatoms. The fraction of sp³-hybridized carbons (Fsp3) is 0.462. The lowest BCUT2D eigenvalue weighted by Crippen LogP contribution is -2.26. The predicted octanol–water partition coefficient (Wildman–Crippen LogP) is 1.20. The average molecular weight is 253 g/mol. The van der Waals surface area contributed by atoms with E-state index in [1.807, 2.05) is 0 Å². The van der Waals surface area contributed by atoms with Crippen molar-refractivity contribution >= 4 is 5.91 Å². The number of rotatable bonds is 6. The number of methoxy groups -OCH3 is 2. The number of carbonyl (C=O) groups is 1. The number of ether oxygens (including phenoxy) is 2. The third-order valence-electron chi connectivity index (χ3n) is 2.50. The van der Waals surface area contributed by atoms with Crippen molar-refractivity contribution < 1.29 is 19.4 Å². The van der Waals surface area contributed by atoms with Gasteiger partial charge in [0.25, 0.3) is 5.91 Å². The topological polar surface area (TPSA) is 67.8 Å². The van der Waals surface area contributed by atoms with Crippen LogP contribution in [0.25, 0.3) is 0 Å². The first-order valence-electron chi connectivity index (χ1n) is 5.76. The van der Waals surface area contributed by atoms with Gasteiger partial charge in [0.1, 0.15) is 11.5 Å². The van der Waals surface area contributed by atoms with Crippen LogP contribution in [0.15, 0.2) is 18.2 Å². The minimum absolute atomic E-state index is 0.227.